The number of ether oxygens (including phenoxy) is 5. The van der Waals surface area contributed by atoms with E-state index in [1.54, 1.807) is 19.1 Å². The van der Waals surface area contributed by atoms with E-state index in [2.05, 4.69) is 0 Å². The predicted molar refractivity (Wildman–Crippen MR) is 115 cm³/mol. The molecule has 1 amide bonds. The van der Waals surface area contributed by atoms with Crippen molar-refractivity contribution in [1.29, 1.82) is 0 Å². The molecule has 31 heavy (non-hydrogen) atoms. The first kappa shape index (κ1) is 23.2. The Kier molecular flexibility index (Phi) is 8.43. The Bertz CT molecular complexity index is 796. The quantitative estimate of drug-likeness (QED) is 0.538. The molecule has 0 aliphatic carbocycles. The van der Waals surface area contributed by atoms with Crippen LogP contribution in [-0.4, -0.2) is 62.9 Å². The molecule has 2 atom stereocenters. The highest BCUT2D eigenvalue weighted by molar-refractivity contribution is 5.68. The summed E-state index contributed by atoms with van der Waals surface area (Å²) in [7, 11) is 3.10. The molecule has 0 N–H and O–H groups in total. The first-order valence-electron chi connectivity index (χ1n) is 10.4. The van der Waals surface area contributed by atoms with Gasteiger partial charge in [-0.05, 0) is 18.1 Å². The smallest absolute Gasteiger partial charge is 0.410 e. The number of amides is 1. The maximum absolute atomic E-state index is 13.1. The third-order valence-corrected chi connectivity index (χ3v) is 5.42. The zero-order chi connectivity index (χ0) is 22.1. The molecule has 0 radical (unpaired) electrons. The van der Waals surface area contributed by atoms with Crippen molar-refractivity contribution in [1.82, 2.24) is 4.90 Å². The molecular formula is C24H31NO6. The molecule has 0 aromatic heterocycles. The Balaban J connectivity index is 1.69. The Labute approximate surface area is 183 Å². The molecule has 2 aromatic rings. The van der Waals surface area contributed by atoms with Crippen LogP contribution in [0.4, 0.5) is 4.79 Å². The van der Waals surface area contributed by atoms with Gasteiger partial charge in [-0.25, -0.2) is 4.79 Å². The van der Waals surface area contributed by atoms with Crippen molar-refractivity contribution in [2.75, 3.05) is 34.0 Å². The minimum absolute atomic E-state index is 0.177. The van der Waals surface area contributed by atoms with E-state index >= 15 is 0 Å². The molecule has 0 saturated carbocycles. The van der Waals surface area contributed by atoms with E-state index in [1.165, 1.54) is 0 Å². The molecular weight excluding hydrogens is 398 g/mol. The van der Waals surface area contributed by atoms with E-state index in [-0.39, 0.29) is 25.9 Å². The van der Waals surface area contributed by atoms with Crippen LogP contribution in [-0.2, 0) is 36.9 Å². The van der Waals surface area contributed by atoms with Crippen LogP contribution < -0.4 is 0 Å². The van der Waals surface area contributed by atoms with E-state index in [0.29, 0.717) is 13.2 Å². The van der Waals surface area contributed by atoms with Gasteiger partial charge in [-0.15, -0.1) is 0 Å². The molecule has 7 nitrogen and oxygen atoms in total. The third kappa shape index (κ3) is 6.04. The highest BCUT2D eigenvalue weighted by Gasteiger charge is 2.50. The third-order valence-electron chi connectivity index (χ3n) is 5.42. The normalized spacial score (nSPS) is 18.5. The summed E-state index contributed by atoms with van der Waals surface area (Å²) >= 11 is 0. The predicted octanol–water partition coefficient (Wildman–Crippen LogP) is 3.62. The average molecular weight is 430 g/mol. The fourth-order valence-corrected chi connectivity index (χ4v) is 3.61. The molecule has 1 aliphatic heterocycles. The maximum Gasteiger partial charge on any atom is 0.410 e. The summed E-state index contributed by atoms with van der Waals surface area (Å²) in [6.45, 7) is 3.38. The molecule has 7 heteroatoms. The van der Waals surface area contributed by atoms with E-state index in [1.807, 2.05) is 67.6 Å². The van der Waals surface area contributed by atoms with Gasteiger partial charge in [-0.1, -0.05) is 60.7 Å². The van der Waals surface area contributed by atoms with Crippen LogP contribution in [0.5, 0.6) is 0 Å². The number of carbonyl (C=O) groups excluding carboxylic acids is 1. The molecule has 3 rings (SSSR count). The minimum atomic E-state index is -1.05. The second-order valence-corrected chi connectivity index (χ2v) is 7.55. The van der Waals surface area contributed by atoms with Crippen LogP contribution in [0, 0.1) is 0 Å². The van der Waals surface area contributed by atoms with Gasteiger partial charge in [-0.3, -0.25) is 4.90 Å². The van der Waals surface area contributed by atoms with Crippen LogP contribution in [0.2, 0.25) is 0 Å². The number of rotatable bonds is 10. The Hall–Kier alpha value is -2.45. The molecule has 0 spiro atoms. The monoisotopic (exact) mass is 429 g/mol. The molecule has 0 bridgehead atoms. The zero-order valence-electron chi connectivity index (χ0n) is 18.4. The second kappa shape index (κ2) is 11.2. The lowest BCUT2D eigenvalue weighted by molar-refractivity contribution is -0.226. The van der Waals surface area contributed by atoms with Gasteiger partial charge in [0.1, 0.15) is 19.3 Å². The summed E-state index contributed by atoms with van der Waals surface area (Å²) in [5, 5.41) is 0. The highest BCUT2D eigenvalue weighted by Crippen LogP contribution is 2.29. The lowest BCUT2D eigenvalue weighted by Gasteiger charge is -2.38. The molecule has 1 aliphatic rings. The van der Waals surface area contributed by atoms with Gasteiger partial charge in [-0.2, -0.15) is 0 Å². The summed E-state index contributed by atoms with van der Waals surface area (Å²) < 4.78 is 28.5. The van der Waals surface area contributed by atoms with Gasteiger partial charge in [0, 0.05) is 14.2 Å². The van der Waals surface area contributed by atoms with E-state index in [9.17, 15) is 4.79 Å². The number of nitrogens with zero attached hydrogens (tertiary/aromatic N) is 1. The Morgan fingerprint density at radius 1 is 1.03 bits per heavy atom. The number of hydrogen-bond donors (Lipinski definition) is 0. The summed E-state index contributed by atoms with van der Waals surface area (Å²) in [4.78, 5) is 14.7. The van der Waals surface area contributed by atoms with E-state index < -0.39 is 17.9 Å². The lowest BCUT2D eigenvalue weighted by atomic mass is 10.1. The van der Waals surface area contributed by atoms with Crippen molar-refractivity contribution in [3.8, 4) is 0 Å². The van der Waals surface area contributed by atoms with Gasteiger partial charge < -0.3 is 23.7 Å². The highest BCUT2D eigenvalue weighted by atomic mass is 16.7. The largest absolute Gasteiger partial charge is 0.445 e. The number of methoxy groups -OCH3 is 2. The van der Waals surface area contributed by atoms with Crippen LogP contribution in [0.3, 0.4) is 0 Å². The van der Waals surface area contributed by atoms with Crippen molar-refractivity contribution in [2.45, 2.75) is 38.1 Å². The molecule has 1 heterocycles. The van der Waals surface area contributed by atoms with E-state index in [0.717, 1.165) is 11.1 Å². The summed E-state index contributed by atoms with van der Waals surface area (Å²) in [6.07, 6.45) is -0.704. The van der Waals surface area contributed by atoms with Crippen molar-refractivity contribution in [3.05, 3.63) is 71.8 Å². The van der Waals surface area contributed by atoms with Gasteiger partial charge in [0.15, 0.2) is 0 Å². The molecule has 168 valence electrons. The first-order valence-corrected chi connectivity index (χ1v) is 10.4. The van der Waals surface area contributed by atoms with E-state index in [4.69, 9.17) is 23.7 Å². The van der Waals surface area contributed by atoms with Gasteiger partial charge in [0.25, 0.3) is 0 Å². The Morgan fingerprint density at radius 3 is 2.19 bits per heavy atom. The first-order chi connectivity index (χ1) is 15.1. The van der Waals surface area contributed by atoms with Crippen LogP contribution in [0.15, 0.2) is 60.7 Å². The van der Waals surface area contributed by atoms with Crippen molar-refractivity contribution >= 4 is 6.09 Å². The fourth-order valence-electron chi connectivity index (χ4n) is 3.61. The Morgan fingerprint density at radius 2 is 1.61 bits per heavy atom. The zero-order valence-corrected chi connectivity index (χ0v) is 18.4. The standard InChI is InChI=1S/C24H31NO6/c1-19(30-15-20-10-6-4-7-11-20)14-25(22-17-29-18-24(22,27-2)28-3)23(26)31-16-21-12-8-5-9-13-21/h4-13,19,22H,14-18H2,1-3H3. The topological polar surface area (TPSA) is 66.5 Å². The van der Waals surface area contributed by atoms with Crippen LogP contribution >= 0.6 is 0 Å². The summed E-state index contributed by atoms with van der Waals surface area (Å²) in [5.41, 5.74) is 1.98. The summed E-state index contributed by atoms with van der Waals surface area (Å²) in [6, 6.07) is 19.0. The number of hydrogen-bond acceptors (Lipinski definition) is 6. The van der Waals surface area contributed by atoms with Crippen LogP contribution in [0.25, 0.3) is 0 Å². The molecule has 2 aromatic carbocycles. The van der Waals surface area contributed by atoms with Gasteiger partial charge >= 0.3 is 6.09 Å². The molecule has 1 fully saturated rings. The van der Waals surface area contributed by atoms with Crippen molar-refractivity contribution < 1.29 is 28.5 Å². The SMILES string of the molecule is COC1(OC)COCC1N(CC(C)OCc1ccccc1)C(=O)OCc1ccccc1. The van der Waals surface area contributed by atoms with Crippen molar-refractivity contribution in [2.24, 2.45) is 0 Å². The van der Waals surface area contributed by atoms with Gasteiger partial charge in [0.2, 0.25) is 5.79 Å². The summed E-state index contributed by atoms with van der Waals surface area (Å²) in [5.74, 6) is -1.05. The number of carbonyl (C=O) groups is 1. The van der Waals surface area contributed by atoms with Crippen LogP contribution in [0.1, 0.15) is 18.1 Å². The maximum atomic E-state index is 13.1. The molecule has 2 unspecified atom stereocenters. The molecule has 1 saturated heterocycles. The van der Waals surface area contributed by atoms with Gasteiger partial charge in [0.05, 0.1) is 25.9 Å². The lowest BCUT2D eigenvalue weighted by Crippen LogP contribution is -2.57. The second-order valence-electron chi connectivity index (χ2n) is 7.55. The van der Waals surface area contributed by atoms with Crippen molar-refractivity contribution in [3.63, 3.8) is 0 Å². The minimum Gasteiger partial charge on any atom is -0.445 e. The average Bonchev–Trinajstić information content (AvgIpc) is 3.25. The fraction of sp³-hybridized carbons (Fsp3) is 0.458. The number of benzene rings is 2.